The van der Waals surface area contributed by atoms with Gasteiger partial charge in [0.1, 0.15) is 5.82 Å². The summed E-state index contributed by atoms with van der Waals surface area (Å²) in [5.41, 5.74) is 3.21. The van der Waals surface area contributed by atoms with Crippen molar-refractivity contribution >= 4 is 11.6 Å². The zero-order chi connectivity index (χ0) is 14.5. The molecular formula is C17H19ClFN. The quantitative estimate of drug-likeness (QED) is 0.776. The van der Waals surface area contributed by atoms with Crippen LogP contribution < -0.4 is 0 Å². The Morgan fingerprint density at radius 2 is 1.85 bits per heavy atom. The molecule has 0 radical (unpaired) electrons. The highest BCUT2D eigenvalue weighted by molar-refractivity contribution is 6.30. The summed E-state index contributed by atoms with van der Waals surface area (Å²) in [6, 6.07) is 13.1. The van der Waals surface area contributed by atoms with E-state index in [2.05, 4.69) is 25.1 Å². The van der Waals surface area contributed by atoms with Crippen molar-refractivity contribution in [3.8, 4) is 11.1 Å². The van der Waals surface area contributed by atoms with E-state index in [0.717, 1.165) is 30.5 Å². The summed E-state index contributed by atoms with van der Waals surface area (Å²) < 4.78 is 13.6. The van der Waals surface area contributed by atoms with Crippen LogP contribution in [-0.4, -0.2) is 25.5 Å². The van der Waals surface area contributed by atoms with E-state index in [1.165, 1.54) is 11.6 Å². The lowest BCUT2D eigenvalue weighted by Crippen LogP contribution is -2.13. The fraction of sp³-hybridized carbons (Fsp3) is 0.294. The molecule has 0 aliphatic rings. The minimum absolute atomic E-state index is 0.166. The lowest BCUT2D eigenvalue weighted by Gasteiger charge is -2.12. The fourth-order valence-corrected chi connectivity index (χ4v) is 2.39. The van der Waals surface area contributed by atoms with Crippen molar-refractivity contribution in [1.82, 2.24) is 4.90 Å². The van der Waals surface area contributed by atoms with Gasteiger partial charge in [-0.15, -0.1) is 0 Å². The van der Waals surface area contributed by atoms with E-state index >= 15 is 0 Å². The van der Waals surface area contributed by atoms with E-state index in [1.807, 2.05) is 24.3 Å². The van der Waals surface area contributed by atoms with Gasteiger partial charge < -0.3 is 4.90 Å². The molecule has 0 unspecified atom stereocenters. The Labute approximate surface area is 125 Å². The molecule has 0 saturated heterocycles. The van der Waals surface area contributed by atoms with Gasteiger partial charge >= 0.3 is 0 Å². The molecule has 20 heavy (non-hydrogen) atoms. The van der Waals surface area contributed by atoms with Crippen molar-refractivity contribution in [3.63, 3.8) is 0 Å². The second kappa shape index (κ2) is 6.87. The van der Waals surface area contributed by atoms with Gasteiger partial charge in [-0.25, -0.2) is 4.39 Å². The Balaban J connectivity index is 2.24. The third-order valence-corrected chi connectivity index (χ3v) is 3.61. The molecule has 0 spiro atoms. The van der Waals surface area contributed by atoms with Gasteiger partial charge in [-0.3, -0.25) is 0 Å². The third-order valence-electron chi connectivity index (χ3n) is 3.30. The molecule has 0 fully saturated rings. The summed E-state index contributed by atoms with van der Waals surface area (Å²) in [7, 11) is 4.14. The largest absolute Gasteiger partial charge is 0.309 e. The van der Waals surface area contributed by atoms with Crippen molar-refractivity contribution in [3.05, 3.63) is 58.9 Å². The zero-order valence-corrected chi connectivity index (χ0v) is 12.6. The fourth-order valence-electron chi connectivity index (χ4n) is 2.27. The maximum absolute atomic E-state index is 13.6. The normalized spacial score (nSPS) is 11.1. The molecule has 0 heterocycles. The number of hydrogen-bond acceptors (Lipinski definition) is 1. The lowest BCUT2D eigenvalue weighted by molar-refractivity contribution is 0.400. The molecule has 3 heteroatoms. The minimum atomic E-state index is -0.368. The van der Waals surface area contributed by atoms with Crippen LogP contribution in [0.25, 0.3) is 11.1 Å². The highest BCUT2D eigenvalue weighted by Crippen LogP contribution is 2.27. The highest BCUT2D eigenvalue weighted by atomic mass is 35.5. The van der Waals surface area contributed by atoms with Crippen LogP contribution in [0.3, 0.4) is 0 Å². The first-order valence-corrected chi connectivity index (χ1v) is 7.14. The van der Waals surface area contributed by atoms with Gasteiger partial charge in [0.05, 0.1) is 5.02 Å². The molecule has 2 rings (SSSR count). The highest BCUT2D eigenvalue weighted by Gasteiger charge is 2.07. The maximum Gasteiger partial charge on any atom is 0.142 e. The van der Waals surface area contributed by atoms with Crippen LogP contribution in [0.1, 0.15) is 12.0 Å². The summed E-state index contributed by atoms with van der Waals surface area (Å²) in [4.78, 5) is 2.17. The summed E-state index contributed by atoms with van der Waals surface area (Å²) >= 11 is 5.75. The molecule has 1 nitrogen and oxygen atoms in total. The number of nitrogens with zero attached hydrogens (tertiary/aromatic N) is 1. The average molecular weight is 292 g/mol. The lowest BCUT2D eigenvalue weighted by atomic mass is 9.96. The van der Waals surface area contributed by atoms with E-state index in [4.69, 9.17) is 11.6 Å². The molecule has 0 aliphatic carbocycles. The molecule has 106 valence electrons. The van der Waals surface area contributed by atoms with Crippen LogP contribution >= 0.6 is 11.6 Å². The molecule has 2 aromatic carbocycles. The number of rotatable bonds is 5. The monoisotopic (exact) mass is 291 g/mol. The molecule has 0 amide bonds. The molecule has 2 aromatic rings. The van der Waals surface area contributed by atoms with Crippen molar-refractivity contribution in [2.45, 2.75) is 12.8 Å². The predicted molar refractivity (Wildman–Crippen MR) is 83.7 cm³/mol. The molecule has 0 aromatic heterocycles. The second-order valence-corrected chi connectivity index (χ2v) is 5.60. The zero-order valence-electron chi connectivity index (χ0n) is 11.9. The number of halogens is 2. The average Bonchev–Trinajstić information content (AvgIpc) is 2.42. The first kappa shape index (κ1) is 15.0. The molecule has 0 bridgehead atoms. The Morgan fingerprint density at radius 3 is 2.55 bits per heavy atom. The summed E-state index contributed by atoms with van der Waals surface area (Å²) in [5.74, 6) is -0.368. The van der Waals surface area contributed by atoms with Gasteiger partial charge in [0.2, 0.25) is 0 Å². The van der Waals surface area contributed by atoms with Gasteiger partial charge in [-0.1, -0.05) is 41.9 Å². The Hall–Kier alpha value is -1.38. The molecule has 0 N–H and O–H groups in total. The Bertz CT molecular complexity index is 581. The van der Waals surface area contributed by atoms with Gasteiger partial charge in [-0.05, 0) is 62.3 Å². The SMILES string of the molecule is CN(C)CCCc1ccccc1-c1ccc(Cl)c(F)c1. The van der Waals surface area contributed by atoms with Crippen LogP contribution in [0.4, 0.5) is 4.39 Å². The minimum Gasteiger partial charge on any atom is -0.309 e. The predicted octanol–water partition coefficient (Wildman–Crippen LogP) is 4.64. The van der Waals surface area contributed by atoms with Crippen LogP contribution in [0.5, 0.6) is 0 Å². The van der Waals surface area contributed by atoms with Gasteiger partial charge in [0.15, 0.2) is 0 Å². The van der Waals surface area contributed by atoms with E-state index in [-0.39, 0.29) is 10.8 Å². The van der Waals surface area contributed by atoms with Crippen LogP contribution in [0, 0.1) is 5.82 Å². The van der Waals surface area contributed by atoms with Crippen molar-refractivity contribution in [1.29, 1.82) is 0 Å². The van der Waals surface area contributed by atoms with Crippen LogP contribution in [-0.2, 0) is 6.42 Å². The molecule has 0 atom stereocenters. The van der Waals surface area contributed by atoms with E-state index in [9.17, 15) is 4.39 Å². The van der Waals surface area contributed by atoms with Gasteiger partial charge in [-0.2, -0.15) is 0 Å². The number of benzene rings is 2. The second-order valence-electron chi connectivity index (χ2n) is 5.19. The van der Waals surface area contributed by atoms with E-state index < -0.39 is 0 Å². The number of hydrogen-bond donors (Lipinski definition) is 0. The van der Waals surface area contributed by atoms with Crippen molar-refractivity contribution in [2.75, 3.05) is 20.6 Å². The molecule has 0 aliphatic heterocycles. The van der Waals surface area contributed by atoms with Crippen molar-refractivity contribution in [2.24, 2.45) is 0 Å². The van der Waals surface area contributed by atoms with E-state index in [1.54, 1.807) is 6.07 Å². The topological polar surface area (TPSA) is 3.24 Å². The van der Waals surface area contributed by atoms with Crippen molar-refractivity contribution < 1.29 is 4.39 Å². The smallest absolute Gasteiger partial charge is 0.142 e. The van der Waals surface area contributed by atoms with Gasteiger partial charge in [0, 0.05) is 0 Å². The summed E-state index contributed by atoms with van der Waals surface area (Å²) in [6.07, 6.45) is 2.07. The van der Waals surface area contributed by atoms with Gasteiger partial charge in [0.25, 0.3) is 0 Å². The standard InChI is InChI=1S/C17H19ClFN/c1-20(2)11-5-7-13-6-3-4-8-15(13)14-9-10-16(18)17(19)12-14/h3-4,6,8-10,12H,5,7,11H2,1-2H3. The first-order chi connectivity index (χ1) is 9.58. The summed E-state index contributed by atoms with van der Waals surface area (Å²) in [6.45, 7) is 1.04. The Kier molecular flexibility index (Phi) is 5.16. The van der Waals surface area contributed by atoms with E-state index in [0.29, 0.717) is 0 Å². The number of aryl methyl sites for hydroxylation is 1. The first-order valence-electron chi connectivity index (χ1n) is 6.76. The summed E-state index contributed by atoms with van der Waals surface area (Å²) in [5, 5.41) is 0.166. The van der Waals surface area contributed by atoms with Crippen LogP contribution in [0.2, 0.25) is 5.02 Å². The molecule has 0 saturated carbocycles. The third kappa shape index (κ3) is 3.81. The van der Waals surface area contributed by atoms with Crippen LogP contribution in [0.15, 0.2) is 42.5 Å². The molecular weight excluding hydrogens is 273 g/mol. The maximum atomic E-state index is 13.6. The Morgan fingerprint density at radius 1 is 1.10 bits per heavy atom.